The Labute approximate surface area is 80.4 Å². The molecule has 0 saturated carbocycles. The molecule has 0 aliphatic carbocycles. The van der Waals surface area contributed by atoms with Crippen molar-refractivity contribution in [1.82, 2.24) is 0 Å². The van der Waals surface area contributed by atoms with Crippen molar-refractivity contribution in [3.05, 3.63) is 28.8 Å². The lowest BCUT2D eigenvalue weighted by Gasteiger charge is -2.11. The molecular weight excluding hydrogens is 160 g/mol. The SMILES string of the molecule is Cc1cc(O)c(C)c(CC(C)C)c1. The number of aromatic hydroxyl groups is 1. The molecule has 0 spiro atoms. The second-order valence-electron chi connectivity index (χ2n) is 4.17. The molecule has 1 N–H and O–H groups in total. The lowest BCUT2D eigenvalue weighted by molar-refractivity contribution is 0.468. The highest BCUT2D eigenvalue weighted by atomic mass is 16.3. The van der Waals surface area contributed by atoms with Crippen molar-refractivity contribution < 1.29 is 5.11 Å². The topological polar surface area (TPSA) is 20.2 Å². The first-order valence-electron chi connectivity index (χ1n) is 4.79. The van der Waals surface area contributed by atoms with Crippen molar-refractivity contribution in [3.63, 3.8) is 0 Å². The van der Waals surface area contributed by atoms with Crippen LogP contribution in [0, 0.1) is 19.8 Å². The second-order valence-corrected chi connectivity index (χ2v) is 4.17. The maximum atomic E-state index is 9.59. The van der Waals surface area contributed by atoms with E-state index in [1.54, 1.807) is 0 Å². The highest BCUT2D eigenvalue weighted by Gasteiger charge is 2.06. The van der Waals surface area contributed by atoms with E-state index in [1.165, 1.54) is 5.56 Å². The van der Waals surface area contributed by atoms with Crippen molar-refractivity contribution in [2.75, 3.05) is 0 Å². The minimum Gasteiger partial charge on any atom is -0.508 e. The Bertz CT molecular complexity index is 300. The average molecular weight is 178 g/mol. The van der Waals surface area contributed by atoms with Gasteiger partial charge in [-0.2, -0.15) is 0 Å². The van der Waals surface area contributed by atoms with E-state index in [4.69, 9.17) is 0 Å². The van der Waals surface area contributed by atoms with Crippen molar-refractivity contribution >= 4 is 0 Å². The van der Waals surface area contributed by atoms with Crippen LogP contribution in [0.1, 0.15) is 30.5 Å². The van der Waals surface area contributed by atoms with Gasteiger partial charge in [-0.15, -0.1) is 0 Å². The van der Waals surface area contributed by atoms with E-state index in [1.807, 2.05) is 19.9 Å². The van der Waals surface area contributed by atoms with Crippen molar-refractivity contribution in [2.45, 2.75) is 34.1 Å². The summed E-state index contributed by atoms with van der Waals surface area (Å²) < 4.78 is 0. The Hall–Kier alpha value is -0.980. The van der Waals surface area contributed by atoms with Crippen LogP contribution in [-0.2, 0) is 6.42 Å². The fourth-order valence-corrected chi connectivity index (χ4v) is 1.56. The molecule has 0 aliphatic heterocycles. The summed E-state index contributed by atoms with van der Waals surface area (Å²) in [6, 6.07) is 3.98. The molecule has 1 heteroatoms. The number of benzene rings is 1. The van der Waals surface area contributed by atoms with E-state index >= 15 is 0 Å². The Kier molecular flexibility index (Phi) is 2.97. The van der Waals surface area contributed by atoms with Gasteiger partial charge in [-0.1, -0.05) is 19.9 Å². The first-order chi connectivity index (χ1) is 6.00. The van der Waals surface area contributed by atoms with Gasteiger partial charge < -0.3 is 5.11 Å². The van der Waals surface area contributed by atoms with Gasteiger partial charge in [-0.25, -0.2) is 0 Å². The average Bonchev–Trinajstić information content (AvgIpc) is 1.98. The molecular formula is C12H18O. The molecule has 0 aliphatic rings. The predicted octanol–water partition coefficient (Wildman–Crippen LogP) is 3.21. The highest BCUT2D eigenvalue weighted by Crippen LogP contribution is 2.24. The molecule has 0 unspecified atom stereocenters. The van der Waals surface area contributed by atoms with E-state index in [-0.39, 0.29) is 0 Å². The molecule has 0 atom stereocenters. The number of rotatable bonds is 2. The molecule has 0 aromatic heterocycles. The summed E-state index contributed by atoms with van der Waals surface area (Å²) in [5, 5.41) is 9.59. The normalized spacial score (nSPS) is 10.8. The van der Waals surface area contributed by atoms with Crippen LogP contribution in [0.25, 0.3) is 0 Å². The van der Waals surface area contributed by atoms with Gasteiger partial charge in [0.15, 0.2) is 0 Å². The minimum absolute atomic E-state index is 0.427. The maximum Gasteiger partial charge on any atom is 0.119 e. The van der Waals surface area contributed by atoms with Crippen LogP contribution in [0.5, 0.6) is 5.75 Å². The molecule has 1 aromatic carbocycles. The molecule has 1 nitrogen and oxygen atoms in total. The lowest BCUT2D eigenvalue weighted by Crippen LogP contribution is -1.97. The highest BCUT2D eigenvalue weighted by molar-refractivity contribution is 5.41. The largest absolute Gasteiger partial charge is 0.508 e. The van der Waals surface area contributed by atoms with E-state index in [9.17, 15) is 5.11 Å². The van der Waals surface area contributed by atoms with E-state index in [0.717, 1.165) is 17.5 Å². The van der Waals surface area contributed by atoms with Crippen LogP contribution in [-0.4, -0.2) is 5.11 Å². The summed E-state index contributed by atoms with van der Waals surface area (Å²) in [7, 11) is 0. The standard InChI is InChI=1S/C12H18O/c1-8(2)5-11-6-9(3)7-12(13)10(11)4/h6-8,13H,5H2,1-4H3. The summed E-state index contributed by atoms with van der Waals surface area (Å²) in [5.74, 6) is 1.07. The fourth-order valence-electron chi connectivity index (χ4n) is 1.56. The first kappa shape index (κ1) is 10.1. The number of hydrogen-bond donors (Lipinski definition) is 1. The van der Waals surface area contributed by atoms with Gasteiger partial charge in [-0.05, 0) is 48.9 Å². The first-order valence-corrected chi connectivity index (χ1v) is 4.79. The summed E-state index contributed by atoms with van der Waals surface area (Å²) in [5.41, 5.74) is 3.44. The van der Waals surface area contributed by atoms with E-state index < -0.39 is 0 Å². The Morgan fingerprint density at radius 3 is 2.38 bits per heavy atom. The minimum atomic E-state index is 0.427. The quantitative estimate of drug-likeness (QED) is 0.737. The summed E-state index contributed by atoms with van der Waals surface area (Å²) in [6.07, 6.45) is 1.04. The molecule has 0 bridgehead atoms. The monoisotopic (exact) mass is 178 g/mol. The molecule has 13 heavy (non-hydrogen) atoms. The number of phenols is 1. The summed E-state index contributed by atoms with van der Waals surface area (Å²) in [6.45, 7) is 8.38. The lowest BCUT2D eigenvalue weighted by atomic mass is 9.96. The molecule has 1 rings (SSSR count). The fraction of sp³-hybridized carbons (Fsp3) is 0.500. The predicted molar refractivity (Wildman–Crippen MR) is 56.1 cm³/mol. The van der Waals surface area contributed by atoms with Crippen molar-refractivity contribution in [1.29, 1.82) is 0 Å². The third-order valence-electron chi connectivity index (χ3n) is 2.26. The van der Waals surface area contributed by atoms with Gasteiger partial charge in [0, 0.05) is 0 Å². The van der Waals surface area contributed by atoms with Gasteiger partial charge in [0.25, 0.3) is 0 Å². The Morgan fingerprint density at radius 2 is 1.85 bits per heavy atom. The van der Waals surface area contributed by atoms with Gasteiger partial charge in [0.1, 0.15) is 5.75 Å². The van der Waals surface area contributed by atoms with Crippen LogP contribution in [0.4, 0.5) is 0 Å². The second kappa shape index (κ2) is 3.82. The molecule has 0 amide bonds. The van der Waals surface area contributed by atoms with Gasteiger partial charge in [-0.3, -0.25) is 0 Å². The number of phenolic OH excluding ortho intramolecular Hbond substituents is 1. The molecule has 72 valence electrons. The van der Waals surface area contributed by atoms with E-state index in [2.05, 4.69) is 19.9 Å². The van der Waals surface area contributed by atoms with E-state index in [0.29, 0.717) is 11.7 Å². The molecule has 0 saturated heterocycles. The molecule has 0 fully saturated rings. The Balaban J connectivity index is 3.05. The third-order valence-corrected chi connectivity index (χ3v) is 2.26. The van der Waals surface area contributed by atoms with Gasteiger partial charge >= 0.3 is 0 Å². The van der Waals surface area contributed by atoms with Crippen molar-refractivity contribution in [3.8, 4) is 5.75 Å². The molecule has 0 radical (unpaired) electrons. The number of hydrogen-bond acceptors (Lipinski definition) is 1. The Morgan fingerprint density at radius 1 is 1.23 bits per heavy atom. The molecule has 0 heterocycles. The van der Waals surface area contributed by atoms with Gasteiger partial charge in [0.05, 0.1) is 0 Å². The van der Waals surface area contributed by atoms with Gasteiger partial charge in [0.2, 0.25) is 0 Å². The maximum absolute atomic E-state index is 9.59. The summed E-state index contributed by atoms with van der Waals surface area (Å²) >= 11 is 0. The summed E-state index contributed by atoms with van der Waals surface area (Å²) in [4.78, 5) is 0. The molecule has 1 aromatic rings. The van der Waals surface area contributed by atoms with Crippen LogP contribution in [0.15, 0.2) is 12.1 Å². The van der Waals surface area contributed by atoms with Crippen LogP contribution < -0.4 is 0 Å². The zero-order valence-electron chi connectivity index (χ0n) is 8.89. The third kappa shape index (κ3) is 2.48. The van der Waals surface area contributed by atoms with Crippen molar-refractivity contribution in [2.24, 2.45) is 5.92 Å². The zero-order chi connectivity index (χ0) is 10.0. The van der Waals surface area contributed by atoms with Crippen LogP contribution in [0.2, 0.25) is 0 Å². The zero-order valence-corrected chi connectivity index (χ0v) is 8.89. The van der Waals surface area contributed by atoms with Crippen LogP contribution in [0.3, 0.4) is 0 Å². The smallest absolute Gasteiger partial charge is 0.119 e. The van der Waals surface area contributed by atoms with Crippen LogP contribution >= 0.6 is 0 Å². The number of aryl methyl sites for hydroxylation is 1.